The van der Waals surface area contributed by atoms with Crippen LogP contribution in [-0.2, 0) is 17.8 Å². The van der Waals surface area contributed by atoms with Crippen LogP contribution in [0, 0.1) is 5.82 Å². The van der Waals surface area contributed by atoms with Crippen molar-refractivity contribution < 1.29 is 18.7 Å². The van der Waals surface area contributed by atoms with Crippen molar-refractivity contribution >= 4 is 23.2 Å². The number of fused-ring (bicyclic) bond motifs is 1. The molecule has 0 spiro atoms. The summed E-state index contributed by atoms with van der Waals surface area (Å²) in [6.45, 7) is 9.96. The van der Waals surface area contributed by atoms with Crippen LogP contribution < -0.4 is 4.74 Å². The lowest BCUT2D eigenvalue weighted by Gasteiger charge is -2.37. The molecule has 2 aromatic carbocycles. The van der Waals surface area contributed by atoms with E-state index in [4.69, 9.17) is 4.74 Å². The highest BCUT2D eigenvalue weighted by molar-refractivity contribution is 7.09. The van der Waals surface area contributed by atoms with Crippen molar-refractivity contribution in [3.63, 3.8) is 0 Å². The van der Waals surface area contributed by atoms with Crippen LogP contribution in [0.1, 0.15) is 45.2 Å². The van der Waals surface area contributed by atoms with Gasteiger partial charge in [0.1, 0.15) is 28.9 Å². The van der Waals surface area contributed by atoms with Gasteiger partial charge in [0.05, 0.1) is 6.04 Å². The van der Waals surface area contributed by atoms with E-state index in [1.54, 1.807) is 23.3 Å². The highest BCUT2D eigenvalue weighted by atomic mass is 32.1. The molecule has 1 saturated heterocycles. The van der Waals surface area contributed by atoms with Crippen LogP contribution in [0.4, 0.5) is 4.39 Å². The Bertz CT molecular complexity index is 1330. The summed E-state index contributed by atoms with van der Waals surface area (Å²) in [6.07, 6.45) is 2.61. The van der Waals surface area contributed by atoms with E-state index in [9.17, 15) is 14.0 Å². The van der Waals surface area contributed by atoms with Crippen molar-refractivity contribution in [2.45, 2.75) is 26.0 Å². The van der Waals surface area contributed by atoms with Gasteiger partial charge in [-0.05, 0) is 47.4 Å². The molecule has 0 bridgehead atoms. The number of amides is 2. The maximum absolute atomic E-state index is 14.1. The fraction of sp³-hybridized carbons (Fsp3) is 0.345. The van der Waals surface area contributed by atoms with Crippen LogP contribution >= 0.6 is 11.3 Å². The summed E-state index contributed by atoms with van der Waals surface area (Å²) in [6, 6.07) is 11.9. The Balaban J connectivity index is 1.28. The third kappa shape index (κ3) is 5.63. The molecule has 5 rings (SSSR count). The SMILES string of the molecule is C=CCN1CCN(C(=O)c2csc(COc3ccc4c(c3)[C@@H](c3cccc(F)c3)N(C(C)=O)CC4)n2)CC1. The summed E-state index contributed by atoms with van der Waals surface area (Å²) in [5.74, 6) is 0.190. The number of hydrogen-bond acceptors (Lipinski definition) is 6. The van der Waals surface area contributed by atoms with Gasteiger partial charge in [0, 0.05) is 51.6 Å². The Labute approximate surface area is 226 Å². The fourth-order valence-electron chi connectivity index (χ4n) is 5.16. The number of nitrogens with zero attached hydrogens (tertiary/aromatic N) is 4. The number of halogens is 1. The summed E-state index contributed by atoms with van der Waals surface area (Å²) >= 11 is 1.40. The third-order valence-electron chi connectivity index (χ3n) is 7.09. The number of piperazine rings is 1. The van der Waals surface area contributed by atoms with Crippen LogP contribution in [0.15, 0.2) is 60.5 Å². The van der Waals surface area contributed by atoms with Gasteiger partial charge >= 0.3 is 0 Å². The smallest absolute Gasteiger partial charge is 0.273 e. The Morgan fingerprint density at radius 3 is 2.71 bits per heavy atom. The van der Waals surface area contributed by atoms with Gasteiger partial charge < -0.3 is 14.5 Å². The minimum absolute atomic E-state index is 0.0539. The van der Waals surface area contributed by atoms with Crippen molar-refractivity contribution in [1.29, 1.82) is 0 Å². The van der Waals surface area contributed by atoms with Gasteiger partial charge in [-0.2, -0.15) is 0 Å². The number of thiazole rings is 1. The predicted octanol–water partition coefficient (Wildman–Crippen LogP) is 4.30. The molecule has 38 heavy (non-hydrogen) atoms. The third-order valence-corrected chi connectivity index (χ3v) is 7.92. The van der Waals surface area contributed by atoms with Crippen LogP contribution in [0.3, 0.4) is 0 Å². The maximum atomic E-state index is 14.1. The molecule has 0 unspecified atom stereocenters. The van der Waals surface area contributed by atoms with E-state index in [1.807, 2.05) is 35.2 Å². The van der Waals surface area contributed by atoms with E-state index < -0.39 is 0 Å². The van der Waals surface area contributed by atoms with Crippen molar-refractivity contribution in [3.05, 3.63) is 93.7 Å². The molecular formula is C29H31FN4O3S. The largest absolute Gasteiger partial charge is 0.486 e. The van der Waals surface area contributed by atoms with Crippen molar-refractivity contribution in [2.75, 3.05) is 39.3 Å². The summed E-state index contributed by atoms with van der Waals surface area (Å²) in [5, 5.41) is 2.50. The van der Waals surface area contributed by atoms with Gasteiger partial charge in [-0.15, -0.1) is 17.9 Å². The van der Waals surface area contributed by atoms with E-state index in [2.05, 4.69) is 16.5 Å². The van der Waals surface area contributed by atoms with Gasteiger partial charge in [-0.3, -0.25) is 14.5 Å². The molecular weight excluding hydrogens is 503 g/mol. The quantitative estimate of drug-likeness (QED) is 0.423. The molecule has 9 heteroatoms. The summed E-state index contributed by atoms with van der Waals surface area (Å²) in [7, 11) is 0. The molecule has 7 nitrogen and oxygen atoms in total. The molecule has 0 radical (unpaired) electrons. The van der Waals surface area contributed by atoms with Gasteiger partial charge in [0.2, 0.25) is 5.91 Å². The van der Waals surface area contributed by atoms with Crippen molar-refractivity contribution in [1.82, 2.24) is 19.7 Å². The average molecular weight is 535 g/mol. The van der Waals surface area contributed by atoms with Crippen LogP contribution in [-0.4, -0.2) is 70.8 Å². The first-order valence-corrected chi connectivity index (χ1v) is 13.7. The second kappa shape index (κ2) is 11.4. The van der Waals surface area contributed by atoms with Crippen LogP contribution in [0.2, 0.25) is 0 Å². The maximum Gasteiger partial charge on any atom is 0.273 e. The molecule has 3 heterocycles. The standard InChI is InChI=1S/C29H31FN4O3S/c1-3-10-32-12-14-33(15-13-32)29(36)26-19-38-27(31-26)18-37-24-8-7-21-9-11-34(20(2)35)28(25(21)17-24)22-5-4-6-23(30)16-22/h3-8,16-17,19,28H,1,9-15,18H2,2H3/t28-/m1/s1. The first-order chi connectivity index (χ1) is 18.4. The number of benzene rings is 2. The molecule has 2 aliphatic heterocycles. The second-order valence-electron chi connectivity index (χ2n) is 9.58. The topological polar surface area (TPSA) is 66.0 Å². The van der Waals surface area contributed by atoms with E-state index in [0.29, 0.717) is 36.1 Å². The lowest BCUT2D eigenvalue weighted by atomic mass is 9.88. The molecule has 2 aliphatic rings. The van der Waals surface area contributed by atoms with Gasteiger partial charge in [-0.25, -0.2) is 9.37 Å². The normalized spacial score (nSPS) is 17.7. The molecule has 1 atom stereocenters. The predicted molar refractivity (Wildman–Crippen MR) is 145 cm³/mol. The Kier molecular flexibility index (Phi) is 7.85. The number of hydrogen-bond donors (Lipinski definition) is 0. The lowest BCUT2D eigenvalue weighted by molar-refractivity contribution is -0.130. The van der Waals surface area contributed by atoms with Gasteiger partial charge in [-0.1, -0.05) is 24.3 Å². The zero-order valence-electron chi connectivity index (χ0n) is 21.4. The van der Waals surface area contributed by atoms with E-state index in [1.165, 1.54) is 23.5 Å². The zero-order valence-corrected chi connectivity index (χ0v) is 22.3. The number of aromatic nitrogens is 1. The summed E-state index contributed by atoms with van der Waals surface area (Å²) < 4.78 is 20.1. The zero-order chi connectivity index (χ0) is 26.6. The molecule has 0 saturated carbocycles. The minimum atomic E-state index is -0.383. The van der Waals surface area contributed by atoms with Gasteiger partial charge in [0.25, 0.3) is 5.91 Å². The molecule has 0 aliphatic carbocycles. The monoisotopic (exact) mass is 534 g/mol. The lowest BCUT2D eigenvalue weighted by Crippen LogP contribution is -2.48. The highest BCUT2D eigenvalue weighted by Gasteiger charge is 2.31. The van der Waals surface area contributed by atoms with E-state index in [0.717, 1.165) is 42.7 Å². The van der Waals surface area contributed by atoms with Crippen LogP contribution in [0.25, 0.3) is 0 Å². The molecule has 1 aromatic heterocycles. The number of carbonyl (C=O) groups excluding carboxylic acids is 2. The van der Waals surface area contributed by atoms with E-state index >= 15 is 0 Å². The second-order valence-corrected chi connectivity index (χ2v) is 10.5. The first-order valence-electron chi connectivity index (χ1n) is 12.8. The van der Waals surface area contributed by atoms with E-state index in [-0.39, 0.29) is 30.3 Å². The number of ether oxygens (including phenoxy) is 1. The number of rotatable bonds is 7. The molecule has 3 aromatic rings. The minimum Gasteiger partial charge on any atom is -0.486 e. The van der Waals surface area contributed by atoms with Gasteiger partial charge in [0.15, 0.2) is 0 Å². The molecule has 198 valence electrons. The highest BCUT2D eigenvalue weighted by Crippen LogP contribution is 2.37. The van der Waals surface area contributed by atoms with Crippen molar-refractivity contribution in [2.24, 2.45) is 0 Å². The molecule has 1 fully saturated rings. The molecule has 2 amide bonds. The summed E-state index contributed by atoms with van der Waals surface area (Å²) in [4.78, 5) is 35.8. The Morgan fingerprint density at radius 1 is 1.16 bits per heavy atom. The van der Waals surface area contributed by atoms with Crippen molar-refractivity contribution in [3.8, 4) is 5.75 Å². The first kappa shape index (κ1) is 26.1. The Hall–Kier alpha value is -3.56. The summed E-state index contributed by atoms with van der Waals surface area (Å²) in [5.41, 5.74) is 3.21. The number of carbonyl (C=O) groups is 2. The average Bonchev–Trinajstić information content (AvgIpc) is 3.40. The van der Waals surface area contributed by atoms with Crippen LogP contribution in [0.5, 0.6) is 5.75 Å². The fourth-order valence-corrected chi connectivity index (χ4v) is 5.84. The Morgan fingerprint density at radius 2 is 1.97 bits per heavy atom. The molecule has 0 N–H and O–H groups in total.